The molecule has 11 heteroatoms. The van der Waals surface area contributed by atoms with Gasteiger partial charge in [0, 0.05) is 26.7 Å². The monoisotopic (exact) mass is 684 g/mol. The SMILES string of the molecule is COC[C@H](NC(=O)[C@H](CCc1ccccc1)NC(=O)Cc1ccc(CN2CCOCC2)cc1)C(=O)NC(Cc1ccccc1)C(=O)[C@@]1(C)CO1. The van der Waals surface area contributed by atoms with Gasteiger partial charge in [0.2, 0.25) is 17.7 Å². The minimum Gasteiger partial charge on any atom is -0.382 e. The van der Waals surface area contributed by atoms with Crippen LogP contribution in [0.5, 0.6) is 0 Å². The van der Waals surface area contributed by atoms with Gasteiger partial charge in [-0.05, 0) is 48.4 Å². The highest BCUT2D eigenvalue weighted by Gasteiger charge is 2.50. The smallest absolute Gasteiger partial charge is 0.245 e. The summed E-state index contributed by atoms with van der Waals surface area (Å²) in [7, 11) is 1.43. The van der Waals surface area contributed by atoms with Crippen LogP contribution in [0.15, 0.2) is 84.9 Å². The van der Waals surface area contributed by atoms with Crippen molar-refractivity contribution in [1.82, 2.24) is 20.9 Å². The maximum absolute atomic E-state index is 13.8. The number of amides is 3. The van der Waals surface area contributed by atoms with Crippen molar-refractivity contribution in [2.75, 3.05) is 46.6 Å². The lowest BCUT2D eigenvalue weighted by atomic mass is 9.94. The van der Waals surface area contributed by atoms with Crippen molar-refractivity contribution in [1.29, 1.82) is 0 Å². The van der Waals surface area contributed by atoms with Crippen LogP contribution in [0.3, 0.4) is 0 Å². The molecule has 50 heavy (non-hydrogen) atoms. The van der Waals surface area contributed by atoms with Crippen LogP contribution in [-0.4, -0.2) is 98.8 Å². The standard InChI is InChI=1S/C39H48N4O7/c1-39(27-50-39)36(45)33(23-29-11-7-4-8-12-29)41-38(47)34(26-48-2)42-37(46)32(18-17-28-9-5-3-6-10-28)40-35(44)24-30-13-15-31(16-14-30)25-43-19-21-49-22-20-43/h3-16,32-34H,17-27H2,1-2H3,(H,40,44)(H,41,47)(H,42,46)/t32-,33?,34-,39+/m0/s1. The number of ether oxygens (including phenoxy) is 3. The molecule has 266 valence electrons. The third kappa shape index (κ3) is 11.0. The first-order valence-corrected chi connectivity index (χ1v) is 17.3. The van der Waals surface area contributed by atoms with Gasteiger partial charge in [-0.1, -0.05) is 84.9 Å². The molecule has 0 saturated carbocycles. The van der Waals surface area contributed by atoms with Crippen molar-refractivity contribution < 1.29 is 33.4 Å². The van der Waals surface area contributed by atoms with E-state index in [1.807, 2.05) is 84.9 Å². The molecular weight excluding hydrogens is 636 g/mol. The number of morpholine rings is 1. The number of carbonyl (C=O) groups is 4. The molecule has 0 bridgehead atoms. The minimum atomic E-state index is -1.11. The van der Waals surface area contributed by atoms with Crippen molar-refractivity contribution in [3.05, 3.63) is 107 Å². The molecule has 1 unspecified atom stereocenters. The Bertz CT molecular complexity index is 1560. The maximum atomic E-state index is 13.8. The number of nitrogens with zero attached hydrogens (tertiary/aromatic N) is 1. The molecule has 0 spiro atoms. The first-order valence-electron chi connectivity index (χ1n) is 17.3. The fourth-order valence-electron chi connectivity index (χ4n) is 6.01. The van der Waals surface area contributed by atoms with Crippen LogP contribution in [0.2, 0.25) is 0 Å². The van der Waals surface area contributed by atoms with Gasteiger partial charge in [-0.2, -0.15) is 0 Å². The minimum absolute atomic E-state index is 0.0963. The number of ketones is 1. The lowest BCUT2D eigenvalue weighted by molar-refractivity contribution is -0.135. The second kappa shape index (κ2) is 18.0. The largest absolute Gasteiger partial charge is 0.382 e. The van der Waals surface area contributed by atoms with Crippen molar-refractivity contribution in [2.24, 2.45) is 0 Å². The van der Waals surface area contributed by atoms with Crippen LogP contribution in [0.4, 0.5) is 0 Å². The lowest BCUT2D eigenvalue weighted by Gasteiger charge is -2.26. The van der Waals surface area contributed by atoms with Crippen LogP contribution < -0.4 is 16.0 Å². The molecule has 3 amide bonds. The Labute approximate surface area is 294 Å². The summed E-state index contributed by atoms with van der Waals surface area (Å²) in [5.74, 6) is -1.63. The summed E-state index contributed by atoms with van der Waals surface area (Å²) in [6.45, 7) is 5.93. The number of hydrogen-bond acceptors (Lipinski definition) is 8. The summed E-state index contributed by atoms with van der Waals surface area (Å²) >= 11 is 0. The molecule has 0 radical (unpaired) electrons. The van der Waals surface area contributed by atoms with Gasteiger partial charge < -0.3 is 30.2 Å². The summed E-state index contributed by atoms with van der Waals surface area (Å²) in [5, 5.41) is 8.53. The number of nitrogens with one attached hydrogen (secondary N) is 3. The molecule has 5 rings (SSSR count). The molecule has 0 aliphatic carbocycles. The van der Waals surface area contributed by atoms with Gasteiger partial charge in [0.1, 0.15) is 17.7 Å². The third-order valence-electron chi connectivity index (χ3n) is 9.09. The first kappa shape index (κ1) is 36.9. The van der Waals surface area contributed by atoms with E-state index in [-0.39, 0.29) is 37.7 Å². The molecule has 2 heterocycles. The van der Waals surface area contributed by atoms with E-state index in [1.165, 1.54) is 7.11 Å². The molecule has 11 nitrogen and oxygen atoms in total. The zero-order chi connectivity index (χ0) is 35.3. The first-order chi connectivity index (χ1) is 24.2. The lowest BCUT2D eigenvalue weighted by Crippen LogP contribution is -2.58. The van der Waals surface area contributed by atoms with Crippen LogP contribution in [-0.2, 0) is 59.2 Å². The molecule has 2 saturated heterocycles. The van der Waals surface area contributed by atoms with Crippen molar-refractivity contribution in [3.8, 4) is 0 Å². The van der Waals surface area contributed by atoms with Gasteiger partial charge in [-0.25, -0.2) is 0 Å². The van der Waals surface area contributed by atoms with Gasteiger partial charge in [0.25, 0.3) is 0 Å². The Balaban J connectivity index is 1.24. The Kier molecular flexibility index (Phi) is 13.3. The van der Waals surface area contributed by atoms with Crippen LogP contribution in [0, 0.1) is 0 Å². The molecule has 0 aromatic heterocycles. The summed E-state index contributed by atoms with van der Waals surface area (Å²) < 4.78 is 16.1. The van der Waals surface area contributed by atoms with Gasteiger partial charge in [0.05, 0.1) is 38.9 Å². The molecule has 2 aliphatic heterocycles. The average Bonchev–Trinajstić information content (AvgIpc) is 3.89. The van der Waals surface area contributed by atoms with Crippen molar-refractivity contribution in [3.63, 3.8) is 0 Å². The number of methoxy groups -OCH3 is 1. The second-order valence-corrected chi connectivity index (χ2v) is 13.2. The molecule has 3 aromatic carbocycles. The van der Waals surface area contributed by atoms with Crippen molar-refractivity contribution >= 4 is 23.5 Å². The maximum Gasteiger partial charge on any atom is 0.245 e. The average molecular weight is 685 g/mol. The van der Waals surface area contributed by atoms with Gasteiger partial charge in [-0.3, -0.25) is 24.1 Å². The van der Waals surface area contributed by atoms with E-state index >= 15 is 0 Å². The summed E-state index contributed by atoms with van der Waals surface area (Å²) in [6.07, 6.45) is 1.20. The Morgan fingerprint density at radius 3 is 1.96 bits per heavy atom. The van der Waals surface area contributed by atoms with Gasteiger partial charge in [0.15, 0.2) is 5.78 Å². The van der Waals surface area contributed by atoms with Crippen LogP contribution >= 0.6 is 0 Å². The number of carbonyl (C=O) groups excluding carboxylic acids is 4. The predicted molar refractivity (Wildman–Crippen MR) is 188 cm³/mol. The van der Waals surface area contributed by atoms with Crippen molar-refractivity contribution in [2.45, 2.75) is 62.9 Å². The molecule has 2 aliphatic rings. The molecular formula is C39H48N4O7. The number of rotatable bonds is 18. The van der Waals surface area contributed by atoms with Gasteiger partial charge >= 0.3 is 0 Å². The molecule has 2 fully saturated rings. The third-order valence-corrected chi connectivity index (χ3v) is 9.09. The highest BCUT2D eigenvalue weighted by atomic mass is 16.6. The molecule has 4 atom stereocenters. The van der Waals surface area contributed by atoms with Crippen LogP contribution in [0.1, 0.15) is 35.6 Å². The number of benzene rings is 3. The zero-order valence-corrected chi connectivity index (χ0v) is 28.9. The second-order valence-electron chi connectivity index (χ2n) is 13.2. The quantitative estimate of drug-likeness (QED) is 0.174. The Morgan fingerprint density at radius 1 is 0.760 bits per heavy atom. The number of epoxide rings is 1. The summed E-state index contributed by atoms with van der Waals surface area (Å²) in [5.41, 5.74) is 2.92. The topological polar surface area (TPSA) is 139 Å². The normalized spacial score (nSPS) is 19.1. The summed E-state index contributed by atoms with van der Waals surface area (Å²) in [6, 6.07) is 24.1. The van der Waals surface area contributed by atoms with E-state index in [2.05, 4.69) is 20.9 Å². The number of Topliss-reactive ketones (excluding diaryl/α,β-unsaturated/α-hetero) is 1. The fraction of sp³-hybridized carbons (Fsp3) is 0.436. The van der Waals surface area contributed by atoms with E-state index in [9.17, 15) is 19.2 Å². The molecule has 3 aromatic rings. The van der Waals surface area contributed by atoms with E-state index in [4.69, 9.17) is 14.2 Å². The van der Waals surface area contributed by atoms with Gasteiger partial charge in [-0.15, -0.1) is 0 Å². The summed E-state index contributed by atoms with van der Waals surface area (Å²) in [4.78, 5) is 56.5. The Hall–Kier alpha value is -4.42. The number of aryl methyl sites for hydroxylation is 1. The predicted octanol–water partition coefficient (Wildman–Crippen LogP) is 2.40. The highest BCUT2D eigenvalue weighted by molar-refractivity contribution is 5.98. The molecule has 3 N–H and O–H groups in total. The number of hydrogen-bond donors (Lipinski definition) is 3. The highest BCUT2D eigenvalue weighted by Crippen LogP contribution is 2.29. The van der Waals surface area contributed by atoms with E-state index in [1.54, 1.807) is 6.92 Å². The van der Waals surface area contributed by atoms with E-state index in [0.29, 0.717) is 12.8 Å². The zero-order valence-electron chi connectivity index (χ0n) is 28.9. The Morgan fingerprint density at radius 2 is 1.34 bits per heavy atom. The fourth-order valence-corrected chi connectivity index (χ4v) is 6.01. The van der Waals surface area contributed by atoms with E-state index in [0.717, 1.165) is 55.1 Å². The van der Waals surface area contributed by atoms with Crippen LogP contribution in [0.25, 0.3) is 0 Å². The van der Waals surface area contributed by atoms with E-state index < -0.39 is 35.5 Å².